The minimum atomic E-state index is -0.493. The molecule has 0 bridgehead atoms. The molecule has 0 saturated carbocycles. The lowest BCUT2D eigenvalue weighted by atomic mass is 10.1. The second-order valence-electron chi connectivity index (χ2n) is 6.87. The molecule has 1 aromatic heterocycles. The number of carbonyl (C=O) groups is 2. The van der Waals surface area contributed by atoms with Gasteiger partial charge in [-0.05, 0) is 18.2 Å². The van der Waals surface area contributed by atoms with Crippen LogP contribution in [0.2, 0.25) is 5.02 Å². The van der Waals surface area contributed by atoms with Crippen molar-refractivity contribution in [2.75, 3.05) is 26.2 Å². The molecule has 1 aliphatic heterocycles. The van der Waals surface area contributed by atoms with Crippen LogP contribution in [0.15, 0.2) is 60.9 Å². The Kier molecular flexibility index (Phi) is 5.72. The lowest BCUT2D eigenvalue weighted by Crippen LogP contribution is -2.50. The van der Waals surface area contributed by atoms with Crippen molar-refractivity contribution in [3.05, 3.63) is 82.9 Å². The van der Waals surface area contributed by atoms with Gasteiger partial charge >= 0.3 is 0 Å². The molecule has 152 valence electrons. The van der Waals surface area contributed by atoms with Crippen molar-refractivity contribution in [3.63, 3.8) is 0 Å². The smallest absolute Gasteiger partial charge is 0.257 e. The van der Waals surface area contributed by atoms with E-state index in [2.05, 4.69) is 9.97 Å². The normalized spacial score (nSPS) is 13.9. The predicted octanol–water partition coefficient (Wildman–Crippen LogP) is 3.53. The SMILES string of the molecule is O=C(c1cnc(-c2ccccc2)nc1)N1CCN(C(=O)c2ccc(F)cc2Cl)CC1. The number of rotatable bonds is 3. The minimum Gasteiger partial charge on any atom is -0.335 e. The standard InChI is InChI=1S/C22H18ClFN4O2/c23-19-12-17(24)6-7-18(19)22(30)28-10-8-27(9-11-28)21(29)16-13-25-20(26-14-16)15-4-2-1-3-5-15/h1-7,12-14H,8-11H2. The van der Waals surface area contributed by atoms with Crippen molar-refractivity contribution >= 4 is 23.4 Å². The molecular formula is C22H18ClFN4O2. The van der Waals surface area contributed by atoms with Crippen LogP contribution in [0.4, 0.5) is 4.39 Å². The van der Waals surface area contributed by atoms with E-state index in [-0.39, 0.29) is 22.4 Å². The van der Waals surface area contributed by atoms with Gasteiger partial charge in [-0.1, -0.05) is 41.9 Å². The van der Waals surface area contributed by atoms with Gasteiger partial charge in [-0.2, -0.15) is 0 Å². The monoisotopic (exact) mass is 424 g/mol. The molecule has 0 atom stereocenters. The number of benzene rings is 2. The molecule has 1 saturated heterocycles. The van der Waals surface area contributed by atoms with Crippen LogP contribution >= 0.6 is 11.6 Å². The number of amides is 2. The van der Waals surface area contributed by atoms with Crippen LogP contribution in [0.1, 0.15) is 20.7 Å². The first kappa shape index (κ1) is 20.0. The molecule has 2 aromatic carbocycles. The van der Waals surface area contributed by atoms with Crippen LogP contribution in [0.5, 0.6) is 0 Å². The van der Waals surface area contributed by atoms with Gasteiger partial charge in [0.25, 0.3) is 11.8 Å². The third kappa shape index (κ3) is 4.16. The largest absolute Gasteiger partial charge is 0.335 e. The van der Waals surface area contributed by atoms with Gasteiger partial charge in [-0.25, -0.2) is 14.4 Å². The van der Waals surface area contributed by atoms with Crippen LogP contribution in [-0.2, 0) is 0 Å². The maximum atomic E-state index is 13.2. The summed E-state index contributed by atoms with van der Waals surface area (Å²) in [4.78, 5) is 37.3. The molecule has 0 spiro atoms. The maximum Gasteiger partial charge on any atom is 0.257 e. The molecule has 0 unspecified atom stereocenters. The van der Waals surface area contributed by atoms with E-state index in [1.54, 1.807) is 9.80 Å². The molecule has 30 heavy (non-hydrogen) atoms. The van der Waals surface area contributed by atoms with Crippen LogP contribution in [0, 0.1) is 5.82 Å². The third-order valence-corrected chi connectivity index (χ3v) is 5.26. The molecule has 2 amide bonds. The Labute approximate surface area is 177 Å². The molecule has 0 aliphatic carbocycles. The van der Waals surface area contributed by atoms with Crippen molar-refractivity contribution in [2.45, 2.75) is 0 Å². The van der Waals surface area contributed by atoms with E-state index in [1.165, 1.54) is 24.5 Å². The van der Waals surface area contributed by atoms with E-state index >= 15 is 0 Å². The second kappa shape index (κ2) is 8.59. The Morgan fingerprint density at radius 2 is 1.47 bits per heavy atom. The Balaban J connectivity index is 1.39. The molecular weight excluding hydrogens is 407 g/mol. The Hall–Kier alpha value is -3.32. The van der Waals surface area contributed by atoms with Gasteiger partial charge in [-0.15, -0.1) is 0 Å². The first-order valence-corrected chi connectivity index (χ1v) is 9.82. The van der Waals surface area contributed by atoms with Gasteiger partial charge in [0.1, 0.15) is 5.82 Å². The molecule has 0 radical (unpaired) electrons. The summed E-state index contributed by atoms with van der Waals surface area (Å²) in [5, 5.41) is 0.0779. The molecule has 1 aliphatic rings. The molecule has 2 heterocycles. The fraction of sp³-hybridized carbons (Fsp3) is 0.182. The van der Waals surface area contributed by atoms with E-state index in [0.717, 1.165) is 11.6 Å². The zero-order valence-corrected chi connectivity index (χ0v) is 16.7. The summed E-state index contributed by atoms with van der Waals surface area (Å²) < 4.78 is 13.2. The van der Waals surface area contributed by atoms with E-state index in [4.69, 9.17) is 11.6 Å². The van der Waals surface area contributed by atoms with Crippen LogP contribution in [0.3, 0.4) is 0 Å². The van der Waals surface area contributed by atoms with Crippen LogP contribution < -0.4 is 0 Å². The van der Waals surface area contributed by atoms with Crippen LogP contribution in [0.25, 0.3) is 11.4 Å². The summed E-state index contributed by atoms with van der Waals surface area (Å²) in [6.45, 7) is 1.48. The number of halogens is 2. The van der Waals surface area contributed by atoms with E-state index in [0.29, 0.717) is 37.6 Å². The molecule has 3 aromatic rings. The average molecular weight is 425 g/mol. The number of hydrogen-bond acceptors (Lipinski definition) is 4. The highest BCUT2D eigenvalue weighted by molar-refractivity contribution is 6.33. The lowest BCUT2D eigenvalue weighted by molar-refractivity contribution is 0.0535. The van der Waals surface area contributed by atoms with Crippen molar-refractivity contribution in [2.24, 2.45) is 0 Å². The summed E-state index contributed by atoms with van der Waals surface area (Å²) >= 11 is 5.99. The van der Waals surface area contributed by atoms with Gasteiger partial charge in [0.15, 0.2) is 5.82 Å². The fourth-order valence-electron chi connectivity index (χ4n) is 3.30. The quantitative estimate of drug-likeness (QED) is 0.645. The number of carbonyl (C=O) groups excluding carboxylic acids is 2. The number of hydrogen-bond donors (Lipinski definition) is 0. The fourth-order valence-corrected chi connectivity index (χ4v) is 3.55. The molecule has 4 rings (SSSR count). The van der Waals surface area contributed by atoms with Crippen molar-refractivity contribution < 1.29 is 14.0 Å². The van der Waals surface area contributed by atoms with Gasteiger partial charge in [0, 0.05) is 44.1 Å². The van der Waals surface area contributed by atoms with Gasteiger partial charge in [0.05, 0.1) is 16.1 Å². The molecule has 8 heteroatoms. The first-order valence-electron chi connectivity index (χ1n) is 9.44. The summed E-state index contributed by atoms with van der Waals surface area (Å²) in [7, 11) is 0. The summed E-state index contributed by atoms with van der Waals surface area (Å²) in [6, 6.07) is 13.2. The first-order chi connectivity index (χ1) is 14.5. The number of nitrogens with zero attached hydrogens (tertiary/aromatic N) is 4. The maximum absolute atomic E-state index is 13.2. The lowest BCUT2D eigenvalue weighted by Gasteiger charge is -2.34. The Morgan fingerprint density at radius 3 is 2.07 bits per heavy atom. The zero-order chi connectivity index (χ0) is 21.1. The molecule has 6 nitrogen and oxygen atoms in total. The number of piperazine rings is 1. The highest BCUT2D eigenvalue weighted by Gasteiger charge is 2.27. The van der Waals surface area contributed by atoms with Gasteiger partial charge < -0.3 is 9.80 Å². The second-order valence-corrected chi connectivity index (χ2v) is 7.28. The Bertz CT molecular complexity index is 1070. The van der Waals surface area contributed by atoms with Crippen LogP contribution in [-0.4, -0.2) is 57.8 Å². The average Bonchev–Trinajstić information content (AvgIpc) is 2.79. The van der Waals surface area contributed by atoms with Gasteiger partial charge in [-0.3, -0.25) is 9.59 Å². The molecule has 1 fully saturated rings. The topological polar surface area (TPSA) is 66.4 Å². The summed E-state index contributed by atoms with van der Waals surface area (Å²) in [5.74, 6) is -0.393. The molecule has 0 N–H and O–H groups in total. The summed E-state index contributed by atoms with van der Waals surface area (Å²) in [6.07, 6.45) is 3.04. The van der Waals surface area contributed by atoms with E-state index in [9.17, 15) is 14.0 Å². The van der Waals surface area contributed by atoms with Crippen molar-refractivity contribution in [1.82, 2.24) is 19.8 Å². The highest BCUT2D eigenvalue weighted by atomic mass is 35.5. The van der Waals surface area contributed by atoms with Gasteiger partial charge in [0.2, 0.25) is 0 Å². The summed E-state index contributed by atoms with van der Waals surface area (Å²) in [5.41, 5.74) is 1.53. The highest BCUT2D eigenvalue weighted by Crippen LogP contribution is 2.20. The third-order valence-electron chi connectivity index (χ3n) is 4.95. The van der Waals surface area contributed by atoms with Crippen molar-refractivity contribution in [1.29, 1.82) is 0 Å². The van der Waals surface area contributed by atoms with Crippen molar-refractivity contribution in [3.8, 4) is 11.4 Å². The predicted molar refractivity (Wildman–Crippen MR) is 111 cm³/mol. The van der Waals surface area contributed by atoms with E-state index < -0.39 is 5.82 Å². The number of aromatic nitrogens is 2. The zero-order valence-electron chi connectivity index (χ0n) is 16.0. The minimum absolute atomic E-state index is 0.0779. The van der Waals surface area contributed by atoms with E-state index in [1.807, 2.05) is 30.3 Å². The Morgan fingerprint density at radius 1 is 0.867 bits per heavy atom.